The van der Waals surface area contributed by atoms with Crippen molar-refractivity contribution in [3.8, 4) is 0 Å². The summed E-state index contributed by atoms with van der Waals surface area (Å²) < 4.78 is 34.5. The van der Waals surface area contributed by atoms with Gasteiger partial charge in [0, 0.05) is 6.42 Å². The van der Waals surface area contributed by atoms with E-state index < -0.39 is 124 Å². The van der Waals surface area contributed by atoms with E-state index in [1.807, 2.05) is 6.08 Å². The van der Waals surface area contributed by atoms with Gasteiger partial charge >= 0.3 is 0 Å². The van der Waals surface area contributed by atoms with Crippen LogP contribution in [0.25, 0.3) is 0 Å². The second kappa shape index (κ2) is 66.8. The van der Waals surface area contributed by atoms with E-state index in [4.69, 9.17) is 28.4 Å². The predicted octanol–water partition coefficient (Wildman–Crippen LogP) is 15.6. The Morgan fingerprint density at radius 2 is 0.632 bits per heavy atom. The third-order valence-corrected chi connectivity index (χ3v) is 21.2. The van der Waals surface area contributed by atoms with Gasteiger partial charge in [0.15, 0.2) is 18.9 Å². The van der Waals surface area contributed by atoms with E-state index in [2.05, 4.69) is 79.9 Å². The standard InChI is InChI=1S/C87H157NO18/c1-3-5-7-9-11-13-15-17-19-21-23-25-27-29-31-33-34-35-36-37-39-41-43-45-47-49-51-53-55-57-59-61-63-65-75(93)88-70(71(92)64-62-60-58-56-54-52-50-48-46-44-42-40-38-32-30-28-26-24-22-20-18-16-14-12-10-8-6-4-2)69-101-85-81(99)78(96)83(73(67-90)103-85)106-87-82(100)79(97)84(74(68-91)104-87)105-86-80(98)77(95)76(94)72(66-89)102-86/h15,17,21,23,27,29,46,48,54,56,62,64,70-74,76-87,89-92,94-100H,3-14,16,18-20,22,24-26,28,30-45,47,49-53,55,57-61,63,65-69H2,1-2H3,(H,88,93)/b17-15-,23-21-,29-27-,48-46+,56-54+,64-62+. The second-order valence-corrected chi connectivity index (χ2v) is 30.6. The summed E-state index contributed by atoms with van der Waals surface area (Å²) in [5, 5.41) is 121. The number of carbonyl (C=O) groups is 1. The van der Waals surface area contributed by atoms with Gasteiger partial charge in [-0.05, 0) is 83.5 Å². The summed E-state index contributed by atoms with van der Waals surface area (Å²) >= 11 is 0. The number of nitrogens with one attached hydrogen (secondary N) is 1. The highest BCUT2D eigenvalue weighted by Crippen LogP contribution is 2.33. The Hall–Kier alpha value is -2.77. The molecule has 0 aromatic rings. The SMILES string of the molecule is CCCCCCC/C=C\C/C=C\C/C=C\CCCCCCCCCCCCCCCCCCCCC(=O)NC(COC1OC(CO)C(OC2OC(CO)C(OC3OC(CO)C(O)C(O)C3O)C(O)C2O)C(O)C1O)C(O)/C=C/CC/C=C/CC/C=C/CCCCCCCCCCCCCCCCCCCC. The molecule has 3 rings (SSSR count). The maximum atomic E-state index is 13.5. The lowest BCUT2D eigenvalue weighted by Crippen LogP contribution is -2.66. The largest absolute Gasteiger partial charge is 0.394 e. The fourth-order valence-corrected chi connectivity index (χ4v) is 14.3. The average molecular weight is 1510 g/mol. The quantitative estimate of drug-likeness (QED) is 0.0199. The van der Waals surface area contributed by atoms with E-state index in [1.165, 1.54) is 250 Å². The molecule has 0 saturated carbocycles. The number of ether oxygens (including phenoxy) is 6. The van der Waals surface area contributed by atoms with E-state index in [9.17, 15) is 61.0 Å². The molecule has 0 radical (unpaired) electrons. The van der Waals surface area contributed by atoms with Crippen LogP contribution in [-0.2, 0) is 33.2 Å². The first-order chi connectivity index (χ1) is 51.8. The van der Waals surface area contributed by atoms with Crippen LogP contribution in [0.1, 0.15) is 341 Å². The number of hydrogen-bond donors (Lipinski definition) is 12. The predicted molar refractivity (Wildman–Crippen MR) is 425 cm³/mol. The summed E-state index contributed by atoms with van der Waals surface area (Å²) in [7, 11) is 0. The molecule has 17 unspecified atom stereocenters. The van der Waals surface area contributed by atoms with Gasteiger partial charge in [0.25, 0.3) is 0 Å². The first-order valence-corrected chi connectivity index (χ1v) is 43.2. The third kappa shape index (κ3) is 45.7. The topological polar surface area (TPSA) is 307 Å². The fourth-order valence-electron chi connectivity index (χ4n) is 14.3. The highest BCUT2D eigenvalue weighted by molar-refractivity contribution is 5.76. The number of allylic oxidation sites excluding steroid dienone is 11. The van der Waals surface area contributed by atoms with Crippen LogP contribution in [0.5, 0.6) is 0 Å². The zero-order chi connectivity index (χ0) is 76.7. The molecule has 0 bridgehead atoms. The van der Waals surface area contributed by atoms with E-state index in [0.29, 0.717) is 12.8 Å². The summed E-state index contributed by atoms with van der Waals surface area (Å²) in [6, 6.07) is -1.00. The summed E-state index contributed by atoms with van der Waals surface area (Å²) in [4.78, 5) is 13.5. The van der Waals surface area contributed by atoms with Crippen LogP contribution in [0, 0.1) is 0 Å². The van der Waals surface area contributed by atoms with Gasteiger partial charge in [-0.2, -0.15) is 0 Å². The Morgan fingerprint density at radius 1 is 0.340 bits per heavy atom. The zero-order valence-electron chi connectivity index (χ0n) is 66.4. The Morgan fingerprint density at radius 3 is 1.01 bits per heavy atom. The van der Waals surface area contributed by atoms with Gasteiger partial charge in [-0.3, -0.25) is 4.79 Å². The molecule has 3 aliphatic rings. The fraction of sp³-hybridized carbons (Fsp3) is 0.851. The van der Waals surface area contributed by atoms with Gasteiger partial charge in [0.2, 0.25) is 5.91 Å². The van der Waals surface area contributed by atoms with Crippen molar-refractivity contribution in [3.05, 3.63) is 72.9 Å². The monoisotopic (exact) mass is 1500 g/mol. The lowest BCUT2D eigenvalue weighted by Gasteiger charge is -2.48. The summed E-state index contributed by atoms with van der Waals surface area (Å²) in [6.07, 6.45) is 61.9. The van der Waals surface area contributed by atoms with Crippen molar-refractivity contribution in [2.45, 2.75) is 446 Å². The van der Waals surface area contributed by atoms with Gasteiger partial charge in [0.05, 0.1) is 38.6 Å². The Labute approximate surface area is 642 Å². The van der Waals surface area contributed by atoms with Crippen molar-refractivity contribution in [3.63, 3.8) is 0 Å². The van der Waals surface area contributed by atoms with Crippen LogP contribution in [0.15, 0.2) is 72.9 Å². The molecule has 3 heterocycles. The number of unbranched alkanes of at least 4 members (excludes halogenated alkanes) is 43. The molecular formula is C87H157NO18. The molecule has 17 atom stereocenters. The van der Waals surface area contributed by atoms with E-state index in [-0.39, 0.29) is 18.9 Å². The van der Waals surface area contributed by atoms with E-state index in [0.717, 1.165) is 57.8 Å². The minimum absolute atomic E-state index is 0.231. The minimum atomic E-state index is -1.99. The van der Waals surface area contributed by atoms with Crippen LogP contribution >= 0.6 is 0 Å². The molecule has 1 amide bonds. The molecule has 0 spiro atoms. The molecule has 0 aromatic heterocycles. The van der Waals surface area contributed by atoms with Gasteiger partial charge in [-0.25, -0.2) is 0 Å². The third-order valence-electron chi connectivity index (χ3n) is 21.2. The van der Waals surface area contributed by atoms with Crippen molar-refractivity contribution >= 4 is 5.91 Å². The molecular weight excluding hydrogens is 1350 g/mol. The van der Waals surface area contributed by atoms with Crippen LogP contribution in [0.4, 0.5) is 0 Å². The highest BCUT2D eigenvalue weighted by Gasteiger charge is 2.54. The van der Waals surface area contributed by atoms with Crippen LogP contribution in [0.3, 0.4) is 0 Å². The molecule has 0 aromatic carbocycles. The molecule has 106 heavy (non-hydrogen) atoms. The number of carbonyl (C=O) groups excluding carboxylic acids is 1. The zero-order valence-corrected chi connectivity index (χ0v) is 66.4. The Kier molecular flexibility index (Phi) is 61.4. The number of rotatable bonds is 69. The van der Waals surface area contributed by atoms with Gasteiger partial charge in [-0.1, -0.05) is 324 Å². The molecule has 0 aliphatic carbocycles. The molecule has 3 saturated heterocycles. The van der Waals surface area contributed by atoms with Crippen molar-refractivity contribution in [1.82, 2.24) is 5.32 Å². The van der Waals surface area contributed by atoms with Crippen molar-refractivity contribution in [2.24, 2.45) is 0 Å². The molecule has 19 heteroatoms. The lowest BCUT2D eigenvalue weighted by atomic mass is 9.96. The number of aliphatic hydroxyl groups excluding tert-OH is 11. The average Bonchev–Trinajstić information content (AvgIpc) is 0.781. The van der Waals surface area contributed by atoms with Crippen molar-refractivity contribution in [2.75, 3.05) is 26.4 Å². The normalized spacial score (nSPS) is 26.0. The summed E-state index contributed by atoms with van der Waals surface area (Å²) in [6.45, 7) is 1.74. The Bertz CT molecular complexity index is 2190. The molecule has 12 N–H and O–H groups in total. The summed E-state index contributed by atoms with van der Waals surface area (Å²) in [5.41, 5.74) is 0. The smallest absolute Gasteiger partial charge is 0.220 e. The lowest BCUT2D eigenvalue weighted by molar-refractivity contribution is -0.379. The number of aliphatic hydroxyl groups is 11. The highest BCUT2D eigenvalue weighted by atomic mass is 16.8. The van der Waals surface area contributed by atoms with Crippen molar-refractivity contribution < 1.29 is 89.4 Å². The number of hydrogen-bond acceptors (Lipinski definition) is 18. The minimum Gasteiger partial charge on any atom is -0.394 e. The Balaban J connectivity index is 1.36. The summed E-state index contributed by atoms with van der Waals surface area (Å²) in [5.74, 6) is -0.286. The van der Waals surface area contributed by atoms with Crippen molar-refractivity contribution in [1.29, 1.82) is 0 Å². The maximum Gasteiger partial charge on any atom is 0.220 e. The van der Waals surface area contributed by atoms with Gasteiger partial charge in [-0.15, -0.1) is 0 Å². The maximum absolute atomic E-state index is 13.5. The molecule has 3 aliphatic heterocycles. The van der Waals surface area contributed by atoms with Gasteiger partial charge < -0.3 is 89.9 Å². The van der Waals surface area contributed by atoms with E-state index in [1.54, 1.807) is 6.08 Å². The van der Waals surface area contributed by atoms with Crippen LogP contribution < -0.4 is 5.32 Å². The first kappa shape index (κ1) is 97.4. The second-order valence-electron chi connectivity index (χ2n) is 30.6. The van der Waals surface area contributed by atoms with Crippen LogP contribution in [-0.4, -0.2) is 193 Å². The van der Waals surface area contributed by atoms with Crippen LogP contribution in [0.2, 0.25) is 0 Å². The molecule has 19 nitrogen and oxygen atoms in total. The molecule has 618 valence electrons. The van der Waals surface area contributed by atoms with Gasteiger partial charge in [0.1, 0.15) is 73.2 Å². The van der Waals surface area contributed by atoms with E-state index >= 15 is 0 Å². The first-order valence-electron chi connectivity index (χ1n) is 43.2. The molecule has 3 fully saturated rings. The number of amides is 1.